The Morgan fingerprint density at radius 3 is 2.16 bits per heavy atom. The number of benzene rings is 2. The molecule has 0 bridgehead atoms. The van der Waals surface area contributed by atoms with Crippen LogP contribution in [0.1, 0.15) is 33.2 Å². The summed E-state index contributed by atoms with van der Waals surface area (Å²) < 4.78 is 5.36. The number of rotatable bonds is 6. The highest BCUT2D eigenvalue weighted by Gasteiger charge is 2.36. The number of nitrogens with one attached hydrogen (secondary N) is 1. The lowest BCUT2D eigenvalue weighted by atomic mass is 10.1. The molecule has 3 rings (SSSR count). The van der Waals surface area contributed by atoms with E-state index >= 15 is 0 Å². The van der Waals surface area contributed by atoms with Crippen LogP contribution in [0, 0.1) is 0 Å². The molecule has 6 nitrogen and oxygen atoms in total. The number of nitrogens with zero attached hydrogens (tertiary/aromatic N) is 1. The van der Waals surface area contributed by atoms with E-state index in [4.69, 9.17) is 4.74 Å². The highest BCUT2D eigenvalue weighted by atomic mass is 16.5. The van der Waals surface area contributed by atoms with E-state index in [1.807, 2.05) is 31.2 Å². The number of imide groups is 1. The summed E-state index contributed by atoms with van der Waals surface area (Å²) in [4.78, 5) is 37.5. The maximum atomic E-state index is 12.2. The molecule has 0 fully saturated rings. The zero-order valence-electron chi connectivity index (χ0n) is 13.8. The predicted octanol–water partition coefficient (Wildman–Crippen LogP) is 2.00. The maximum Gasteiger partial charge on any atom is 0.262 e. The van der Waals surface area contributed by atoms with Crippen molar-refractivity contribution in [2.75, 3.05) is 13.2 Å². The van der Waals surface area contributed by atoms with Gasteiger partial charge in [0, 0.05) is 6.54 Å². The molecule has 0 aromatic heterocycles. The quantitative estimate of drug-likeness (QED) is 0.818. The van der Waals surface area contributed by atoms with Gasteiger partial charge in [-0.3, -0.25) is 19.3 Å². The number of ether oxygens (including phenoxy) is 1. The Kier molecular flexibility index (Phi) is 4.79. The maximum absolute atomic E-state index is 12.2. The van der Waals surface area contributed by atoms with Crippen molar-refractivity contribution >= 4 is 17.7 Å². The fourth-order valence-electron chi connectivity index (χ4n) is 2.65. The Morgan fingerprint density at radius 1 is 1.00 bits per heavy atom. The molecule has 0 radical (unpaired) electrons. The Hall–Kier alpha value is -3.15. The van der Waals surface area contributed by atoms with Crippen molar-refractivity contribution in [1.82, 2.24) is 10.2 Å². The van der Waals surface area contributed by atoms with Gasteiger partial charge in [0.1, 0.15) is 12.3 Å². The van der Waals surface area contributed by atoms with E-state index in [0.717, 1.165) is 16.2 Å². The van der Waals surface area contributed by atoms with E-state index in [-0.39, 0.29) is 12.5 Å². The number of fused-ring (bicyclic) bond motifs is 1. The third-order valence-electron chi connectivity index (χ3n) is 3.90. The average molecular weight is 338 g/mol. The van der Waals surface area contributed by atoms with E-state index in [9.17, 15) is 14.4 Å². The van der Waals surface area contributed by atoms with Crippen molar-refractivity contribution in [1.29, 1.82) is 0 Å². The first-order valence-electron chi connectivity index (χ1n) is 8.04. The molecule has 0 unspecified atom stereocenters. The third kappa shape index (κ3) is 3.52. The molecule has 0 atom stereocenters. The topological polar surface area (TPSA) is 75.7 Å². The fourth-order valence-corrected chi connectivity index (χ4v) is 2.65. The summed E-state index contributed by atoms with van der Waals surface area (Å²) in [5.74, 6) is -0.486. The van der Waals surface area contributed by atoms with Crippen molar-refractivity contribution in [3.05, 3.63) is 65.2 Å². The minimum atomic E-state index is -0.434. The molecular formula is C19H18N2O4. The van der Waals surface area contributed by atoms with E-state index < -0.39 is 11.8 Å². The van der Waals surface area contributed by atoms with Gasteiger partial charge in [0.05, 0.1) is 17.7 Å². The Balaban J connectivity index is 1.56. The molecule has 1 heterocycles. The minimum absolute atomic E-state index is 0.288. The van der Waals surface area contributed by atoms with Crippen LogP contribution in [0.2, 0.25) is 0 Å². The van der Waals surface area contributed by atoms with Gasteiger partial charge in [-0.2, -0.15) is 0 Å². The van der Waals surface area contributed by atoms with Gasteiger partial charge < -0.3 is 10.1 Å². The Labute approximate surface area is 145 Å². The summed E-state index contributed by atoms with van der Waals surface area (Å²) in [5, 5.41) is 2.72. The second-order valence-corrected chi connectivity index (χ2v) is 5.60. The lowest BCUT2D eigenvalue weighted by molar-refractivity contribution is -0.121. The molecule has 0 aliphatic carbocycles. The molecule has 3 amide bonds. The number of hydrogen-bond donors (Lipinski definition) is 1. The highest BCUT2D eigenvalue weighted by Crippen LogP contribution is 2.21. The summed E-state index contributed by atoms with van der Waals surface area (Å²) in [7, 11) is 0. The molecule has 2 aromatic carbocycles. The standard InChI is InChI=1S/C19H18N2O4/c1-2-25-14-9-7-13(8-10-14)11-20-17(22)12-21-18(23)15-5-3-4-6-16(15)19(21)24/h3-10H,2,11-12H2,1H3,(H,20,22). The summed E-state index contributed by atoms with van der Waals surface area (Å²) in [6.07, 6.45) is 0. The van der Waals surface area contributed by atoms with Crippen LogP contribution < -0.4 is 10.1 Å². The number of hydrogen-bond acceptors (Lipinski definition) is 4. The van der Waals surface area contributed by atoms with Crippen LogP contribution in [0.15, 0.2) is 48.5 Å². The van der Waals surface area contributed by atoms with Crippen LogP contribution >= 0.6 is 0 Å². The number of amides is 3. The molecule has 0 saturated carbocycles. The van der Waals surface area contributed by atoms with Gasteiger partial charge in [0.15, 0.2) is 0 Å². The number of carbonyl (C=O) groups excluding carboxylic acids is 3. The van der Waals surface area contributed by atoms with Crippen molar-refractivity contribution in [3.63, 3.8) is 0 Å². The highest BCUT2D eigenvalue weighted by molar-refractivity contribution is 6.22. The average Bonchev–Trinajstić information content (AvgIpc) is 2.87. The minimum Gasteiger partial charge on any atom is -0.494 e. The first-order chi connectivity index (χ1) is 12.1. The van der Waals surface area contributed by atoms with E-state index in [2.05, 4.69) is 5.32 Å². The largest absolute Gasteiger partial charge is 0.494 e. The van der Waals surface area contributed by atoms with Gasteiger partial charge in [0.2, 0.25) is 5.91 Å². The molecular weight excluding hydrogens is 320 g/mol. The second kappa shape index (κ2) is 7.17. The lowest BCUT2D eigenvalue weighted by Gasteiger charge is -2.13. The Morgan fingerprint density at radius 2 is 1.60 bits per heavy atom. The van der Waals surface area contributed by atoms with Crippen LogP contribution in [0.5, 0.6) is 5.75 Å². The van der Waals surface area contributed by atoms with Gasteiger partial charge >= 0.3 is 0 Å². The summed E-state index contributed by atoms with van der Waals surface area (Å²) in [6, 6.07) is 13.9. The summed E-state index contributed by atoms with van der Waals surface area (Å²) in [6.45, 7) is 2.53. The van der Waals surface area contributed by atoms with E-state index in [1.165, 1.54) is 0 Å². The molecule has 6 heteroatoms. The van der Waals surface area contributed by atoms with Gasteiger partial charge in [0.25, 0.3) is 11.8 Å². The van der Waals surface area contributed by atoms with Crippen molar-refractivity contribution in [2.45, 2.75) is 13.5 Å². The molecule has 1 aliphatic heterocycles. The monoisotopic (exact) mass is 338 g/mol. The lowest BCUT2D eigenvalue weighted by Crippen LogP contribution is -2.40. The van der Waals surface area contributed by atoms with Crippen LogP contribution in [0.4, 0.5) is 0 Å². The van der Waals surface area contributed by atoms with Crippen LogP contribution in [0.25, 0.3) is 0 Å². The van der Waals surface area contributed by atoms with Crippen LogP contribution in [0.3, 0.4) is 0 Å². The predicted molar refractivity (Wildman–Crippen MR) is 91.3 cm³/mol. The van der Waals surface area contributed by atoms with Crippen molar-refractivity contribution in [2.24, 2.45) is 0 Å². The zero-order valence-corrected chi connectivity index (χ0v) is 13.8. The molecule has 1 aliphatic rings. The zero-order chi connectivity index (χ0) is 17.8. The Bertz CT molecular complexity index is 779. The molecule has 0 saturated heterocycles. The smallest absolute Gasteiger partial charge is 0.262 e. The molecule has 1 N–H and O–H groups in total. The summed E-state index contributed by atoms with van der Waals surface area (Å²) >= 11 is 0. The first kappa shape index (κ1) is 16.7. The van der Waals surface area contributed by atoms with Gasteiger partial charge in [-0.15, -0.1) is 0 Å². The van der Waals surface area contributed by atoms with Gasteiger partial charge in [-0.1, -0.05) is 24.3 Å². The van der Waals surface area contributed by atoms with E-state index in [1.54, 1.807) is 24.3 Å². The van der Waals surface area contributed by atoms with Gasteiger partial charge in [-0.05, 0) is 36.8 Å². The van der Waals surface area contributed by atoms with Gasteiger partial charge in [-0.25, -0.2) is 0 Å². The third-order valence-corrected chi connectivity index (χ3v) is 3.90. The van der Waals surface area contributed by atoms with Crippen LogP contribution in [-0.2, 0) is 11.3 Å². The molecule has 2 aromatic rings. The molecule has 0 spiro atoms. The SMILES string of the molecule is CCOc1ccc(CNC(=O)CN2C(=O)c3ccccc3C2=O)cc1. The summed E-state index contributed by atoms with van der Waals surface area (Å²) in [5.41, 5.74) is 1.58. The van der Waals surface area contributed by atoms with E-state index in [0.29, 0.717) is 24.3 Å². The van der Waals surface area contributed by atoms with Crippen molar-refractivity contribution in [3.8, 4) is 5.75 Å². The molecule has 25 heavy (non-hydrogen) atoms. The molecule has 128 valence electrons. The first-order valence-corrected chi connectivity index (χ1v) is 8.04. The van der Waals surface area contributed by atoms with Crippen LogP contribution in [-0.4, -0.2) is 35.8 Å². The second-order valence-electron chi connectivity index (χ2n) is 5.60. The normalized spacial score (nSPS) is 12.9. The number of carbonyl (C=O) groups is 3. The fraction of sp³-hybridized carbons (Fsp3) is 0.211. The van der Waals surface area contributed by atoms with Crippen molar-refractivity contribution < 1.29 is 19.1 Å².